The molecule has 0 aromatic heterocycles. The molecule has 72 valence electrons. The molecule has 7 heteroatoms. The lowest BCUT2D eigenvalue weighted by molar-refractivity contribution is -0.139. The smallest absolute Gasteiger partial charge is 0.320 e. The Balaban J connectivity index is 0. The first-order chi connectivity index (χ1) is 5.54. The summed E-state index contributed by atoms with van der Waals surface area (Å²) in [5.41, 5.74) is 5.00. The fourth-order valence-electron chi connectivity index (χ4n) is 0.402. The van der Waals surface area contributed by atoms with Gasteiger partial charge in [-0.05, 0) is 6.42 Å². The predicted molar refractivity (Wildman–Crippen MR) is 40.9 cm³/mol. The highest BCUT2D eigenvalue weighted by Gasteiger charge is 2.12. The topological polar surface area (TPSA) is 153 Å². The Labute approximate surface area is 69.1 Å². The van der Waals surface area contributed by atoms with Crippen molar-refractivity contribution in [3.8, 4) is 0 Å². The second-order valence-corrected chi connectivity index (χ2v) is 1.88. The van der Waals surface area contributed by atoms with Crippen molar-refractivity contribution in [1.82, 2.24) is 0 Å². The molecule has 0 aliphatic rings. The highest BCUT2D eigenvalue weighted by molar-refractivity contribution is 5.74. The molecule has 12 heavy (non-hydrogen) atoms. The van der Waals surface area contributed by atoms with E-state index in [1.54, 1.807) is 0 Å². The van der Waals surface area contributed by atoms with Gasteiger partial charge in [-0.3, -0.25) is 21.3 Å². The second kappa shape index (κ2) is 7.92. The molecule has 0 fully saturated rings. The van der Waals surface area contributed by atoms with E-state index in [1.165, 1.54) is 0 Å². The summed E-state index contributed by atoms with van der Waals surface area (Å²) in [6.45, 7) is 0. The minimum Gasteiger partial charge on any atom is -0.481 e. The van der Waals surface area contributed by atoms with Crippen LogP contribution >= 0.6 is 0 Å². The molecule has 0 aliphatic carbocycles. The number of rotatable bonds is 4. The van der Waals surface area contributed by atoms with Crippen LogP contribution in [0.15, 0.2) is 0 Å². The monoisotopic (exact) mass is 179 g/mol. The van der Waals surface area contributed by atoms with E-state index in [4.69, 9.17) is 15.9 Å². The van der Waals surface area contributed by atoms with Gasteiger partial charge in [0.1, 0.15) is 6.04 Å². The molecule has 0 saturated carbocycles. The van der Waals surface area contributed by atoms with Gasteiger partial charge in [0.2, 0.25) is 0 Å². The van der Waals surface area contributed by atoms with Gasteiger partial charge in [-0.2, -0.15) is 0 Å². The summed E-state index contributed by atoms with van der Waals surface area (Å²) in [5, 5.41) is 16.3. The van der Waals surface area contributed by atoms with Gasteiger partial charge in [0, 0.05) is 6.42 Å². The van der Waals surface area contributed by atoms with Crippen molar-refractivity contribution in [3.63, 3.8) is 0 Å². The molecule has 0 heterocycles. The summed E-state index contributed by atoms with van der Waals surface area (Å²) in [4.78, 5) is 19.9. The number of aliphatic carboxylic acids is 2. The van der Waals surface area contributed by atoms with Crippen LogP contribution in [0.2, 0.25) is 0 Å². The standard InChI is InChI=1S/C5H9NO4.H4N2/c6-3(5(9)10)1-2-4(7)8;1-2/h3H,1-2,6H2,(H,7,8)(H,9,10);1-2H2. The summed E-state index contributed by atoms with van der Waals surface area (Å²) < 4.78 is 0. The normalized spacial score (nSPS) is 10.9. The molecule has 0 spiro atoms. The molecule has 1 unspecified atom stereocenters. The van der Waals surface area contributed by atoms with Gasteiger partial charge in [0.25, 0.3) is 0 Å². The van der Waals surface area contributed by atoms with E-state index >= 15 is 0 Å². The van der Waals surface area contributed by atoms with Crippen LogP contribution in [-0.4, -0.2) is 28.2 Å². The lowest BCUT2D eigenvalue weighted by Gasteiger charge is -2.01. The number of hydrogen-bond donors (Lipinski definition) is 5. The molecule has 0 bridgehead atoms. The summed E-state index contributed by atoms with van der Waals surface area (Å²) in [5.74, 6) is 5.80. The van der Waals surface area contributed by atoms with Gasteiger partial charge in [0.05, 0.1) is 0 Å². The van der Waals surface area contributed by atoms with Gasteiger partial charge in [-0.1, -0.05) is 0 Å². The fourth-order valence-corrected chi connectivity index (χ4v) is 0.402. The lowest BCUT2D eigenvalue weighted by atomic mass is 10.2. The van der Waals surface area contributed by atoms with Crippen molar-refractivity contribution >= 4 is 11.9 Å². The minimum absolute atomic E-state index is 0.0231. The Morgan fingerprint density at radius 3 is 1.92 bits per heavy atom. The van der Waals surface area contributed by atoms with Gasteiger partial charge in [-0.25, -0.2) is 0 Å². The highest BCUT2D eigenvalue weighted by atomic mass is 16.4. The first-order valence-corrected chi connectivity index (χ1v) is 3.07. The van der Waals surface area contributed by atoms with Crippen molar-refractivity contribution in [2.75, 3.05) is 0 Å². The first kappa shape index (κ1) is 13.4. The maximum Gasteiger partial charge on any atom is 0.320 e. The molecule has 0 aromatic rings. The molecule has 7 nitrogen and oxygen atoms in total. The Hall–Kier alpha value is -1.18. The molecule has 0 aromatic carbocycles. The maximum absolute atomic E-state index is 9.99. The average Bonchev–Trinajstić information content (AvgIpc) is 2.03. The summed E-state index contributed by atoms with van der Waals surface area (Å²) in [6.07, 6.45) is -0.224. The van der Waals surface area contributed by atoms with Gasteiger partial charge >= 0.3 is 11.9 Å². The zero-order chi connectivity index (χ0) is 10.1. The van der Waals surface area contributed by atoms with E-state index in [-0.39, 0.29) is 12.8 Å². The molecule has 0 amide bonds. The van der Waals surface area contributed by atoms with E-state index < -0.39 is 18.0 Å². The fraction of sp³-hybridized carbons (Fsp3) is 0.600. The van der Waals surface area contributed by atoms with Crippen LogP contribution in [0, 0.1) is 0 Å². The third-order valence-electron chi connectivity index (χ3n) is 0.986. The zero-order valence-electron chi connectivity index (χ0n) is 6.43. The number of carboxylic acids is 2. The zero-order valence-corrected chi connectivity index (χ0v) is 6.43. The van der Waals surface area contributed by atoms with Gasteiger partial charge < -0.3 is 15.9 Å². The maximum atomic E-state index is 9.99. The number of nitrogens with two attached hydrogens (primary N) is 3. The van der Waals surface area contributed by atoms with Crippen molar-refractivity contribution < 1.29 is 19.8 Å². The summed E-state index contributed by atoms with van der Waals surface area (Å²) in [6, 6.07) is -1.06. The van der Waals surface area contributed by atoms with E-state index in [1.807, 2.05) is 0 Å². The Kier molecular flexibility index (Phi) is 8.85. The second-order valence-electron chi connectivity index (χ2n) is 1.88. The largest absolute Gasteiger partial charge is 0.481 e. The third-order valence-corrected chi connectivity index (χ3v) is 0.986. The number of carbonyl (C=O) groups is 2. The molecule has 0 saturated heterocycles. The molecule has 8 N–H and O–H groups in total. The quantitative estimate of drug-likeness (QED) is 0.249. The number of carboxylic acid groups (broad SMARTS) is 2. The first-order valence-electron chi connectivity index (χ1n) is 3.07. The van der Waals surface area contributed by atoms with E-state index in [2.05, 4.69) is 11.7 Å². The van der Waals surface area contributed by atoms with Crippen LogP contribution in [0.3, 0.4) is 0 Å². The van der Waals surface area contributed by atoms with Gasteiger partial charge in [0.15, 0.2) is 0 Å². The molecule has 0 rings (SSSR count). The van der Waals surface area contributed by atoms with Crippen molar-refractivity contribution in [2.45, 2.75) is 18.9 Å². The van der Waals surface area contributed by atoms with Crippen LogP contribution < -0.4 is 17.4 Å². The Bertz CT molecular complexity index is 150. The summed E-state index contributed by atoms with van der Waals surface area (Å²) >= 11 is 0. The van der Waals surface area contributed by atoms with E-state index in [0.29, 0.717) is 0 Å². The molecular weight excluding hydrogens is 166 g/mol. The SMILES string of the molecule is NC(CCC(=O)O)C(=O)O.NN. The van der Waals surface area contributed by atoms with E-state index in [9.17, 15) is 9.59 Å². The summed E-state index contributed by atoms with van der Waals surface area (Å²) in [7, 11) is 0. The van der Waals surface area contributed by atoms with Crippen LogP contribution in [0.5, 0.6) is 0 Å². The Morgan fingerprint density at radius 2 is 1.67 bits per heavy atom. The number of hydrazine groups is 1. The molecule has 0 aliphatic heterocycles. The van der Waals surface area contributed by atoms with E-state index in [0.717, 1.165) is 0 Å². The Morgan fingerprint density at radius 1 is 1.25 bits per heavy atom. The predicted octanol–water partition coefficient (Wildman–Crippen LogP) is -1.92. The average molecular weight is 179 g/mol. The lowest BCUT2D eigenvalue weighted by Crippen LogP contribution is -2.30. The molecule has 0 radical (unpaired) electrons. The highest BCUT2D eigenvalue weighted by Crippen LogP contribution is 1.93. The van der Waals surface area contributed by atoms with Gasteiger partial charge in [-0.15, -0.1) is 0 Å². The van der Waals surface area contributed by atoms with Crippen LogP contribution in [0.1, 0.15) is 12.8 Å². The third kappa shape index (κ3) is 8.82. The van der Waals surface area contributed by atoms with Crippen LogP contribution in [0.25, 0.3) is 0 Å². The number of hydrogen-bond acceptors (Lipinski definition) is 5. The minimum atomic E-state index is -1.17. The van der Waals surface area contributed by atoms with Crippen molar-refractivity contribution in [1.29, 1.82) is 0 Å². The van der Waals surface area contributed by atoms with Crippen LogP contribution in [-0.2, 0) is 9.59 Å². The van der Waals surface area contributed by atoms with Crippen molar-refractivity contribution in [3.05, 3.63) is 0 Å². The molecule has 1 atom stereocenters. The van der Waals surface area contributed by atoms with Crippen LogP contribution in [0.4, 0.5) is 0 Å². The molecular formula is C5H13N3O4. The van der Waals surface area contributed by atoms with Crippen molar-refractivity contribution in [2.24, 2.45) is 17.4 Å².